The van der Waals surface area contributed by atoms with Gasteiger partial charge in [-0.3, -0.25) is 9.69 Å². The molecule has 5 heteroatoms. The maximum Gasteiger partial charge on any atom is 0.328 e. The highest BCUT2D eigenvalue weighted by Gasteiger charge is 2.35. The van der Waals surface area contributed by atoms with Crippen LogP contribution < -0.4 is 0 Å². The second kappa shape index (κ2) is 7.69. The number of nitrogens with zero attached hydrogens (tertiary/aromatic N) is 1. The van der Waals surface area contributed by atoms with E-state index >= 15 is 0 Å². The lowest BCUT2D eigenvalue weighted by molar-refractivity contribution is -0.163. The molecule has 1 aromatic carbocycles. The van der Waals surface area contributed by atoms with Gasteiger partial charge in [-0.25, -0.2) is 4.79 Å². The van der Waals surface area contributed by atoms with E-state index in [0.29, 0.717) is 12.0 Å². The molecule has 1 unspecified atom stereocenters. The smallest absolute Gasteiger partial charge is 0.328 e. The average Bonchev–Trinajstić information content (AvgIpc) is 3.02. The van der Waals surface area contributed by atoms with Gasteiger partial charge in [0.15, 0.2) is 12.0 Å². The number of hydrogen-bond acceptors (Lipinski definition) is 5. The molecule has 0 fully saturated rings. The van der Waals surface area contributed by atoms with Crippen molar-refractivity contribution in [3.8, 4) is 11.3 Å². The molecular weight excluding hydrogens is 342 g/mol. The first kappa shape index (κ1) is 20.9. The lowest BCUT2D eigenvalue weighted by Gasteiger charge is -2.38. The van der Waals surface area contributed by atoms with Crippen molar-refractivity contribution in [2.45, 2.75) is 58.7 Å². The largest absolute Gasteiger partial charge is 0.459 e. The van der Waals surface area contributed by atoms with Crippen molar-refractivity contribution < 1.29 is 18.7 Å². The molecule has 0 aliphatic rings. The molecule has 1 atom stereocenters. The Bertz CT molecular complexity index is 791. The van der Waals surface area contributed by atoms with Gasteiger partial charge in [-0.15, -0.1) is 0 Å². The number of benzene rings is 1. The highest BCUT2D eigenvalue weighted by molar-refractivity contribution is 5.78. The number of ether oxygens (including phenoxy) is 1. The van der Waals surface area contributed by atoms with Crippen molar-refractivity contribution in [3.63, 3.8) is 0 Å². The van der Waals surface area contributed by atoms with Gasteiger partial charge in [0.25, 0.3) is 0 Å². The lowest BCUT2D eigenvalue weighted by atomic mass is 9.97. The van der Waals surface area contributed by atoms with Gasteiger partial charge in [-0.05, 0) is 66.3 Å². The summed E-state index contributed by atoms with van der Waals surface area (Å²) in [6.07, 6.45) is 0.675. The van der Waals surface area contributed by atoms with Crippen LogP contribution in [0.25, 0.3) is 11.3 Å². The van der Waals surface area contributed by atoms with Crippen LogP contribution in [0.2, 0.25) is 0 Å². The highest BCUT2D eigenvalue weighted by Crippen LogP contribution is 2.31. The van der Waals surface area contributed by atoms with Gasteiger partial charge in [0.1, 0.15) is 17.4 Å². The molecule has 0 saturated carbocycles. The van der Waals surface area contributed by atoms with Crippen LogP contribution in [0.15, 0.2) is 40.8 Å². The van der Waals surface area contributed by atoms with Crippen LogP contribution in [0.5, 0.6) is 0 Å². The number of hydrogen-bond donors (Lipinski definition) is 0. The molecule has 0 amide bonds. The predicted octanol–water partition coefficient (Wildman–Crippen LogP) is 4.87. The van der Waals surface area contributed by atoms with E-state index in [1.54, 1.807) is 12.1 Å². The summed E-state index contributed by atoms with van der Waals surface area (Å²) in [6.45, 7) is 11.8. The summed E-state index contributed by atoms with van der Waals surface area (Å²) in [7, 11) is 1.92. The van der Waals surface area contributed by atoms with Crippen molar-refractivity contribution in [2.24, 2.45) is 0 Å². The second-order valence-electron chi connectivity index (χ2n) is 8.66. The van der Waals surface area contributed by atoms with Crippen LogP contribution >= 0.6 is 0 Å². The molecule has 2 aromatic rings. The Labute approximate surface area is 161 Å². The maximum atomic E-state index is 12.9. The van der Waals surface area contributed by atoms with Crippen molar-refractivity contribution in [1.29, 1.82) is 0 Å². The molecular formula is C22H29NO4. The summed E-state index contributed by atoms with van der Waals surface area (Å²) in [5.41, 5.74) is 0.897. The Morgan fingerprint density at radius 1 is 1.04 bits per heavy atom. The minimum Gasteiger partial charge on any atom is -0.459 e. The third-order valence-electron chi connectivity index (χ3n) is 4.33. The first-order valence-electron chi connectivity index (χ1n) is 9.03. The van der Waals surface area contributed by atoms with Gasteiger partial charge in [-0.1, -0.05) is 24.3 Å². The zero-order valence-electron chi connectivity index (χ0n) is 17.2. The Morgan fingerprint density at radius 3 is 2.07 bits per heavy atom. The zero-order valence-corrected chi connectivity index (χ0v) is 17.2. The van der Waals surface area contributed by atoms with Crippen molar-refractivity contribution in [3.05, 3.63) is 47.7 Å². The fourth-order valence-corrected chi connectivity index (χ4v) is 2.66. The van der Waals surface area contributed by atoms with Crippen LogP contribution in [0.1, 0.15) is 63.7 Å². The Morgan fingerprint density at radius 2 is 1.63 bits per heavy atom. The Kier molecular flexibility index (Phi) is 5.95. The number of esters is 1. The molecule has 1 heterocycles. The summed E-state index contributed by atoms with van der Waals surface area (Å²) < 4.78 is 11.1. The SMILES string of the molecule is CN(C(C(=O)OC(C)(C)C)c1ccc(-c2ccc(C=O)o2)cc1)C(C)(C)C. The zero-order chi connectivity index (χ0) is 20.4. The number of rotatable bonds is 5. The van der Waals surface area contributed by atoms with Gasteiger partial charge in [0.05, 0.1) is 0 Å². The summed E-state index contributed by atoms with van der Waals surface area (Å²) in [5.74, 6) is 0.615. The minimum absolute atomic E-state index is 0.222. The average molecular weight is 371 g/mol. The van der Waals surface area contributed by atoms with E-state index in [0.717, 1.165) is 11.1 Å². The maximum absolute atomic E-state index is 12.9. The molecule has 0 saturated heterocycles. The van der Waals surface area contributed by atoms with Crippen molar-refractivity contribution >= 4 is 12.3 Å². The highest BCUT2D eigenvalue weighted by atomic mass is 16.6. The van der Waals surface area contributed by atoms with Gasteiger partial charge < -0.3 is 9.15 Å². The minimum atomic E-state index is -0.562. The lowest BCUT2D eigenvalue weighted by Crippen LogP contribution is -2.45. The molecule has 2 rings (SSSR count). The molecule has 0 radical (unpaired) electrons. The van der Waals surface area contributed by atoms with Crippen LogP contribution in [-0.2, 0) is 9.53 Å². The molecule has 27 heavy (non-hydrogen) atoms. The van der Waals surface area contributed by atoms with Crippen LogP contribution in [0.3, 0.4) is 0 Å². The Hall–Kier alpha value is -2.40. The van der Waals surface area contributed by atoms with Crippen LogP contribution in [0, 0.1) is 0 Å². The normalized spacial score (nSPS) is 13.5. The van der Waals surface area contributed by atoms with Gasteiger partial charge in [0.2, 0.25) is 0 Å². The summed E-state index contributed by atoms with van der Waals surface area (Å²) in [5, 5.41) is 0. The second-order valence-corrected chi connectivity index (χ2v) is 8.66. The third-order valence-corrected chi connectivity index (χ3v) is 4.33. The number of likely N-dealkylation sites (N-methyl/N-ethyl adjacent to an activating group) is 1. The van der Waals surface area contributed by atoms with E-state index in [-0.39, 0.29) is 17.3 Å². The van der Waals surface area contributed by atoms with E-state index < -0.39 is 11.6 Å². The first-order valence-corrected chi connectivity index (χ1v) is 9.03. The van der Waals surface area contributed by atoms with Crippen molar-refractivity contribution in [2.75, 3.05) is 7.05 Å². The van der Waals surface area contributed by atoms with E-state index in [9.17, 15) is 9.59 Å². The van der Waals surface area contributed by atoms with Gasteiger partial charge in [-0.2, -0.15) is 0 Å². The molecule has 5 nitrogen and oxygen atoms in total. The quantitative estimate of drug-likeness (QED) is 0.554. The summed E-state index contributed by atoms with van der Waals surface area (Å²) in [6, 6.07) is 10.4. The van der Waals surface area contributed by atoms with Crippen molar-refractivity contribution in [1.82, 2.24) is 4.90 Å². The fourth-order valence-electron chi connectivity index (χ4n) is 2.66. The van der Waals surface area contributed by atoms with E-state index in [1.807, 2.05) is 57.0 Å². The predicted molar refractivity (Wildman–Crippen MR) is 106 cm³/mol. The molecule has 1 aromatic heterocycles. The van der Waals surface area contributed by atoms with E-state index in [4.69, 9.17) is 9.15 Å². The van der Waals surface area contributed by atoms with E-state index in [2.05, 4.69) is 20.8 Å². The third kappa shape index (κ3) is 5.30. The number of aldehydes is 1. The number of carbonyl (C=O) groups excluding carboxylic acids is 2. The van der Waals surface area contributed by atoms with Gasteiger partial charge in [0, 0.05) is 11.1 Å². The topological polar surface area (TPSA) is 59.8 Å². The molecule has 0 spiro atoms. The Balaban J connectivity index is 2.37. The molecule has 0 N–H and O–H groups in total. The summed E-state index contributed by atoms with van der Waals surface area (Å²) in [4.78, 5) is 25.7. The molecule has 0 bridgehead atoms. The number of carbonyl (C=O) groups is 2. The molecule has 0 aliphatic carbocycles. The van der Waals surface area contributed by atoms with Crippen LogP contribution in [0.4, 0.5) is 0 Å². The molecule has 0 aliphatic heterocycles. The fraction of sp³-hybridized carbons (Fsp3) is 0.455. The van der Waals surface area contributed by atoms with Crippen LogP contribution in [-0.4, -0.2) is 35.3 Å². The monoisotopic (exact) mass is 371 g/mol. The molecule has 146 valence electrons. The standard InChI is InChI=1S/C22H29NO4/c1-21(2,3)23(7)19(20(25)27-22(4,5)6)16-10-8-15(9-11-16)18-13-12-17(14-24)26-18/h8-14,19H,1-7H3. The van der Waals surface area contributed by atoms with Gasteiger partial charge >= 0.3 is 5.97 Å². The number of furan rings is 1. The van der Waals surface area contributed by atoms with E-state index in [1.165, 1.54) is 0 Å². The summed E-state index contributed by atoms with van der Waals surface area (Å²) >= 11 is 0. The first-order chi connectivity index (χ1) is 12.4.